The molecule has 0 saturated carbocycles. The van der Waals surface area contributed by atoms with Gasteiger partial charge in [0, 0.05) is 30.1 Å². The van der Waals surface area contributed by atoms with Crippen LogP contribution in [0, 0.1) is 0 Å². The van der Waals surface area contributed by atoms with E-state index in [1.807, 2.05) is 30.7 Å². The van der Waals surface area contributed by atoms with Crippen LogP contribution < -0.4 is 10.6 Å². The smallest absolute Gasteiger partial charge is 0.242 e. The molecule has 0 aliphatic rings. The number of rotatable bonds is 9. The summed E-state index contributed by atoms with van der Waals surface area (Å²) < 4.78 is 0. The molecule has 1 aromatic carbocycles. The summed E-state index contributed by atoms with van der Waals surface area (Å²) in [6, 6.07) is 7.67. The molecule has 130 valence electrons. The molecule has 0 aliphatic heterocycles. The number of hydrogen-bond acceptors (Lipinski definition) is 3. The van der Waals surface area contributed by atoms with E-state index < -0.39 is 6.04 Å². The minimum absolute atomic E-state index is 0.0899. The van der Waals surface area contributed by atoms with Gasteiger partial charge >= 0.3 is 0 Å². The SMILES string of the molecule is CCC(=O)NC(CCSC)C(=O)NCCc1c[nH]c2ccccc12. The van der Waals surface area contributed by atoms with Crippen LogP contribution in [0.3, 0.4) is 0 Å². The molecular formula is C18H25N3O2S. The predicted octanol–water partition coefficient (Wildman–Crippen LogP) is 2.47. The first-order valence-corrected chi connectivity index (χ1v) is 9.66. The lowest BCUT2D eigenvalue weighted by Crippen LogP contribution is -2.47. The van der Waals surface area contributed by atoms with Crippen molar-refractivity contribution in [1.29, 1.82) is 0 Å². The molecule has 0 fully saturated rings. The van der Waals surface area contributed by atoms with Crippen LogP contribution in [0.5, 0.6) is 0 Å². The Morgan fingerprint density at radius 3 is 2.83 bits per heavy atom. The molecule has 1 atom stereocenters. The number of carbonyl (C=O) groups is 2. The minimum atomic E-state index is -0.451. The number of hydrogen-bond donors (Lipinski definition) is 3. The van der Waals surface area contributed by atoms with Crippen LogP contribution in [0.15, 0.2) is 30.5 Å². The Balaban J connectivity index is 1.88. The molecule has 0 saturated heterocycles. The summed E-state index contributed by atoms with van der Waals surface area (Å²) in [5.74, 6) is 0.642. The highest BCUT2D eigenvalue weighted by Gasteiger charge is 2.19. The first kappa shape index (κ1) is 18.4. The summed E-state index contributed by atoms with van der Waals surface area (Å²) in [5.41, 5.74) is 2.29. The summed E-state index contributed by atoms with van der Waals surface area (Å²) in [6.07, 6.45) is 5.77. The molecule has 2 amide bonds. The van der Waals surface area contributed by atoms with E-state index in [1.54, 1.807) is 18.7 Å². The summed E-state index contributed by atoms with van der Waals surface area (Å²) in [6.45, 7) is 2.34. The first-order valence-electron chi connectivity index (χ1n) is 8.26. The average Bonchev–Trinajstić information content (AvgIpc) is 3.01. The topological polar surface area (TPSA) is 74.0 Å². The monoisotopic (exact) mass is 347 g/mol. The fourth-order valence-corrected chi connectivity index (χ4v) is 3.05. The second-order valence-electron chi connectivity index (χ2n) is 5.66. The van der Waals surface area contributed by atoms with Crippen molar-refractivity contribution in [3.63, 3.8) is 0 Å². The number of H-pyrrole nitrogens is 1. The Bertz CT molecular complexity index is 684. The molecule has 24 heavy (non-hydrogen) atoms. The third-order valence-corrected chi connectivity index (χ3v) is 4.60. The second kappa shape index (κ2) is 9.37. The Morgan fingerprint density at radius 2 is 2.08 bits per heavy atom. The zero-order chi connectivity index (χ0) is 17.4. The Labute approximate surface area is 147 Å². The molecule has 5 nitrogen and oxygen atoms in total. The number of nitrogens with one attached hydrogen (secondary N) is 3. The van der Waals surface area contributed by atoms with Gasteiger partial charge in [0.2, 0.25) is 11.8 Å². The lowest BCUT2D eigenvalue weighted by molar-refractivity contribution is -0.128. The van der Waals surface area contributed by atoms with Gasteiger partial charge in [-0.25, -0.2) is 0 Å². The number of aromatic nitrogens is 1. The van der Waals surface area contributed by atoms with Crippen molar-refractivity contribution in [3.8, 4) is 0 Å². The van der Waals surface area contributed by atoms with Crippen molar-refractivity contribution < 1.29 is 9.59 Å². The fourth-order valence-electron chi connectivity index (χ4n) is 2.58. The van der Waals surface area contributed by atoms with Crippen LogP contribution in [-0.2, 0) is 16.0 Å². The van der Waals surface area contributed by atoms with Gasteiger partial charge in [0.05, 0.1) is 0 Å². The van der Waals surface area contributed by atoms with Gasteiger partial charge in [0.25, 0.3) is 0 Å². The maximum atomic E-state index is 12.3. The van der Waals surface area contributed by atoms with Gasteiger partial charge in [-0.05, 0) is 36.5 Å². The summed E-state index contributed by atoms with van der Waals surface area (Å²) >= 11 is 1.67. The lowest BCUT2D eigenvalue weighted by atomic mass is 10.1. The lowest BCUT2D eigenvalue weighted by Gasteiger charge is -2.17. The summed E-state index contributed by atoms with van der Waals surface area (Å²) in [7, 11) is 0. The zero-order valence-corrected chi connectivity index (χ0v) is 15.0. The van der Waals surface area contributed by atoms with Gasteiger partial charge in [-0.2, -0.15) is 11.8 Å². The zero-order valence-electron chi connectivity index (χ0n) is 14.2. The number of carbonyl (C=O) groups excluding carboxylic acids is 2. The third kappa shape index (κ3) is 5.03. The maximum absolute atomic E-state index is 12.3. The normalized spacial score (nSPS) is 12.1. The Morgan fingerprint density at radius 1 is 1.29 bits per heavy atom. The van der Waals surface area contributed by atoms with Crippen molar-refractivity contribution in [1.82, 2.24) is 15.6 Å². The number of benzene rings is 1. The second-order valence-corrected chi connectivity index (χ2v) is 6.64. The largest absolute Gasteiger partial charge is 0.361 e. The predicted molar refractivity (Wildman–Crippen MR) is 100 cm³/mol. The molecule has 3 N–H and O–H groups in total. The van der Waals surface area contributed by atoms with E-state index in [9.17, 15) is 9.59 Å². The van der Waals surface area contributed by atoms with E-state index in [0.717, 1.165) is 17.7 Å². The van der Waals surface area contributed by atoms with Gasteiger partial charge < -0.3 is 15.6 Å². The van der Waals surface area contributed by atoms with Crippen LogP contribution in [0.1, 0.15) is 25.3 Å². The first-order chi connectivity index (χ1) is 11.7. The van der Waals surface area contributed by atoms with E-state index in [4.69, 9.17) is 0 Å². The quantitative estimate of drug-likeness (QED) is 0.652. The van der Waals surface area contributed by atoms with Crippen LogP contribution in [-0.4, -0.2) is 41.4 Å². The number of fused-ring (bicyclic) bond motifs is 1. The van der Waals surface area contributed by atoms with Crippen molar-refractivity contribution in [2.24, 2.45) is 0 Å². The molecule has 1 aromatic heterocycles. The molecule has 2 aromatic rings. The van der Waals surface area contributed by atoms with E-state index in [1.165, 1.54) is 10.9 Å². The Kier molecular flexibility index (Phi) is 7.18. The number of aromatic amines is 1. The number of para-hydroxylation sites is 1. The third-order valence-electron chi connectivity index (χ3n) is 3.95. The van der Waals surface area contributed by atoms with Gasteiger partial charge in [-0.3, -0.25) is 9.59 Å². The van der Waals surface area contributed by atoms with E-state index in [-0.39, 0.29) is 11.8 Å². The van der Waals surface area contributed by atoms with Crippen molar-refractivity contribution in [2.75, 3.05) is 18.6 Å². The molecule has 2 rings (SSSR count). The van der Waals surface area contributed by atoms with Crippen LogP contribution in [0.25, 0.3) is 10.9 Å². The van der Waals surface area contributed by atoms with Gasteiger partial charge in [-0.1, -0.05) is 25.1 Å². The number of thioether (sulfide) groups is 1. The fraction of sp³-hybridized carbons (Fsp3) is 0.444. The standard InChI is InChI=1S/C18H25N3O2S/c1-3-17(22)21-16(9-11-24-2)18(23)19-10-8-13-12-20-15-7-5-4-6-14(13)15/h4-7,12,16,20H,3,8-11H2,1-2H3,(H,19,23)(H,21,22). The van der Waals surface area contributed by atoms with Crippen molar-refractivity contribution in [3.05, 3.63) is 36.0 Å². The molecule has 0 aliphatic carbocycles. The highest BCUT2D eigenvalue weighted by molar-refractivity contribution is 7.98. The van der Waals surface area contributed by atoms with Gasteiger partial charge in [0.15, 0.2) is 0 Å². The van der Waals surface area contributed by atoms with E-state index in [0.29, 0.717) is 19.4 Å². The van der Waals surface area contributed by atoms with Crippen molar-refractivity contribution in [2.45, 2.75) is 32.2 Å². The van der Waals surface area contributed by atoms with Crippen molar-refractivity contribution >= 4 is 34.5 Å². The average molecular weight is 347 g/mol. The summed E-state index contributed by atoms with van der Waals surface area (Å²) in [4.78, 5) is 27.2. The maximum Gasteiger partial charge on any atom is 0.242 e. The highest BCUT2D eigenvalue weighted by Crippen LogP contribution is 2.17. The van der Waals surface area contributed by atoms with E-state index >= 15 is 0 Å². The molecular weight excluding hydrogens is 322 g/mol. The summed E-state index contributed by atoms with van der Waals surface area (Å²) in [5, 5.41) is 6.94. The molecule has 1 unspecified atom stereocenters. The Hall–Kier alpha value is -1.95. The molecule has 1 heterocycles. The minimum Gasteiger partial charge on any atom is -0.361 e. The van der Waals surface area contributed by atoms with Crippen LogP contribution >= 0.6 is 11.8 Å². The molecule has 0 spiro atoms. The number of amides is 2. The van der Waals surface area contributed by atoms with Gasteiger partial charge in [0.1, 0.15) is 6.04 Å². The highest BCUT2D eigenvalue weighted by atomic mass is 32.2. The van der Waals surface area contributed by atoms with Gasteiger partial charge in [-0.15, -0.1) is 0 Å². The molecule has 0 radical (unpaired) electrons. The van der Waals surface area contributed by atoms with Crippen LogP contribution in [0.4, 0.5) is 0 Å². The van der Waals surface area contributed by atoms with Crippen LogP contribution in [0.2, 0.25) is 0 Å². The van der Waals surface area contributed by atoms with E-state index in [2.05, 4.69) is 21.7 Å². The molecule has 0 bridgehead atoms. The molecule has 6 heteroatoms.